The molecule has 0 unspecified atom stereocenters. The Morgan fingerprint density at radius 2 is 1.84 bits per heavy atom. The zero-order chi connectivity index (χ0) is 22.7. The van der Waals surface area contributed by atoms with Crippen LogP contribution in [0.4, 0.5) is 10.9 Å². The van der Waals surface area contributed by atoms with Crippen LogP contribution in [0.15, 0.2) is 42.7 Å². The molecule has 2 amide bonds. The standard InChI is InChI=1S/C23H26N6O2S/c1-15-20(22(31)28(2)3)32-23(26-15)27-21(30)17-9-11-29(12-10-17)19-13-18(24-14-25-19)16-7-5-4-6-8-16/h4-8,13-14,17H,9-12H2,1-3H3,(H,26,27,30). The second kappa shape index (κ2) is 9.44. The number of rotatable bonds is 5. The fourth-order valence-electron chi connectivity index (χ4n) is 3.72. The SMILES string of the molecule is Cc1nc(NC(=O)C2CCN(c3cc(-c4ccccc4)ncn3)CC2)sc1C(=O)N(C)C. The molecule has 1 N–H and O–H groups in total. The Bertz CT molecular complexity index is 1110. The van der Waals surface area contributed by atoms with Gasteiger partial charge in [0.25, 0.3) is 5.91 Å². The lowest BCUT2D eigenvalue weighted by Crippen LogP contribution is -2.38. The van der Waals surface area contributed by atoms with Gasteiger partial charge in [-0.2, -0.15) is 0 Å². The predicted octanol–water partition coefficient (Wildman–Crippen LogP) is 3.47. The molecule has 0 radical (unpaired) electrons. The van der Waals surface area contributed by atoms with Gasteiger partial charge in [0.15, 0.2) is 5.13 Å². The molecule has 3 aromatic rings. The van der Waals surface area contributed by atoms with Gasteiger partial charge in [-0.1, -0.05) is 41.7 Å². The highest BCUT2D eigenvalue weighted by Gasteiger charge is 2.27. The van der Waals surface area contributed by atoms with Crippen molar-refractivity contribution in [3.05, 3.63) is 53.3 Å². The largest absolute Gasteiger partial charge is 0.356 e. The van der Waals surface area contributed by atoms with Crippen LogP contribution in [0.3, 0.4) is 0 Å². The van der Waals surface area contributed by atoms with E-state index in [0.717, 1.165) is 43.0 Å². The Kier molecular flexibility index (Phi) is 6.45. The summed E-state index contributed by atoms with van der Waals surface area (Å²) in [4.78, 5) is 42.5. The minimum atomic E-state index is -0.103. The van der Waals surface area contributed by atoms with Crippen LogP contribution in [0.2, 0.25) is 0 Å². The number of aryl methyl sites for hydroxylation is 1. The van der Waals surface area contributed by atoms with E-state index < -0.39 is 0 Å². The lowest BCUT2D eigenvalue weighted by Gasteiger charge is -2.32. The van der Waals surface area contributed by atoms with Crippen LogP contribution in [0.25, 0.3) is 11.3 Å². The lowest BCUT2D eigenvalue weighted by molar-refractivity contribution is -0.120. The van der Waals surface area contributed by atoms with Crippen molar-refractivity contribution in [3.8, 4) is 11.3 Å². The number of hydrogen-bond acceptors (Lipinski definition) is 7. The first kappa shape index (κ1) is 21.9. The van der Waals surface area contributed by atoms with E-state index in [1.54, 1.807) is 27.3 Å². The highest BCUT2D eigenvalue weighted by atomic mass is 32.1. The fourth-order valence-corrected chi connectivity index (χ4v) is 4.71. The monoisotopic (exact) mass is 450 g/mol. The second-order valence-electron chi connectivity index (χ2n) is 8.01. The molecule has 8 nitrogen and oxygen atoms in total. The van der Waals surface area contributed by atoms with E-state index in [1.807, 2.05) is 36.4 Å². The number of thiazole rings is 1. The van der Waals surface area contributed by atoms with Gasteiger partial charge < -0.3 is 15.1 Å². The zero-order valence-corrected chi connectivity index (χ0v) is 19.2. The predicted molar refractivity (Wildman–Crippen MR) is 126 cm³/mol. The fraction of sp³-hybridized carbons (Fsp3) is 0.348. The van der Waals surface area contributed by atoms with Gasteiger partial charge in [-0.05, 0) is 19.8 Å². The molecule has 0 spiro atoms. The van der Waals surface area contributed by atoms with Crippen molar-refractivity contribution in [2.45, 2.75) is 19.8 Å². The number of anilines is 2. The molecular weight excluding hydrogens is 424 g/mol. The lowest BCUT2D eigenvalue weighted by atomic mass is 9.96. The summed E-state index contributed by atoms with van der Waals surface area (Å²) in [6.45, 7) is 3.27. The number of amides is 2. The molecule has 1 aliphatic rings. The van der Waals surface area contributed by atoms with Gasteiger partial charge in [0.05, 0.1) is 11.4 Å². The summed E-state index contributed by atoms with van der Waals surface area (Å²) in [5.41, 5.74) is 2.57. The van der Waals surface area contributed by atoms with Crippen LogP contribution in [0.5, 0.6) is 0 Å². The van der Waals surface area contributed by atoms with Gasteiger partial charge in [0.2, 0.25) is 5.91 Å². The first-order chi connectivity index (χ1) is 15.4. The van der Waals surface area contributed by atoms with Crippen molar-refractivity contribution in [1.29, 1.82) is 0 Å². The van der Waals surface area contributed by atoms with Gasteiger partial charge in [-0.3, -0.25) is 9.59 Å². The maximum Gasteiger partial charge on any atom is 0.265 e. The van der Waals surface area contributed by atoms with E-state index in [9.17, 15) is 9.59 Å². The number of benzene rings is 1. The first-order valence-electron chi connectivity index (χ1n) is 10.5. The summed E-state index contributed by atoms with van der Waals surface area (Å²) in [5, 5.41) is 3.38. The molecule has 3 heterocycles. The molecule has 2 aromatic heterocycles. The number of carbonyl (C=O) groups excluding carboxylic acids is 2. The van der Waals surface area contributed by atoms with E-state index in [4.69, 9.17) is 0 Å². The molecule has 4 rings (SSSR count). The van der Waals surface area contributed by atoms with Crippen molar-refractivity contribution in [2.24, 2.45) is 5.92 Å². The normalized spacial score (nSPS) is 14.3. The summed E-state index contributed by atoms with van der Waals surface area (Å²) in [7, 11) is 3.40. The quantitative estimate of drug-likeness (QED) is 0.640. The second-order valence-corrected chi connectivity index (χ2v) is 9.01. The molecule has 166 valence electrons. The minimum Gasteiger partial charge on any atom is -0.356 e. The van der Waals surface area contributed by atoms with Crippen LogP contribution in [0.1, 0.15) is 28.2 Å². The Morgan fingerprint density at radius 3 is 2.53 bits per heavy atom. The molecule has 9 heteroatoms. The van der Waals surface area contributed by atoms with Gasteiger partial charge in [-0.25, -0.2) is 15.0 Å². The summed E-state index contributed by atoms with van der Waals surface area (Å²) < 4.78 is 0. The van der Waals surface area contributed by atoms with Crippen LogP contribution < -0.4 is 10.2 Å². The van der Waals surface area contributed by atoms with E-state index in [0.29, 0.717) is 15.7 Å². The number of piperidine rings is 1. The van der Waals surface area contributed by atoms with Gasteiger partial charge in [0, 0.05) is 44.7 Å². The van der Waals surface area contributed by atoms with E-state index >= 15 is 0 Å². The van der Waals surface area contributed by atoms with Crippen molar-refractivity contribution in [3.63, 3.8) is 0 Å². The first-order valence-corrected chi connectivity index (χ1v) is 11.4. The van der Waals surface area contributed by atoms with E-state index in [1.165, 1.54) is 16.2 Å². The number of hydrogen-bond donors (Lipinski definition) is 1. The van der Waals surface area contributed by atoms with Crippen molar-refractivity contribution >= 4 is 34.1 Å². The maximum absolute atomic E-state index is 12.8. The van der Waals surface area contributed by atoms with Crippen LogP contribution in [-0.2, 0) is 4.79 Å². The third-order valence-electron chi connectivity index (χ3n) is 5.54. The summed E-state index contributed by atoms with van der Waals surface area (Å²) in [5.74, 6) is 0.627. The minimum absolute atomic E-state index is 0.0464. The van der Waals surface area contributed by atoms with Gasteiger partial charge in [-0.15, -0.1) is 0 Å². The third kappa shape index (κ3) is 4.77. The Morgan fingerprint density at radius 1 is 1.12 bits per heavy atom. The molecule has 1 aromatic carbocycles. The van der Waals surface area contributed by atoms with Crippen molar-refractivity contribution in [1.82, 2.24) is 19.9 Å². The van der Waals surface area contributed by atoms with Crippen LogP contribution in [0, 0.1) is 12.8 Å². The van der Waals surface area contributed by atoms with E-state index in [-0.39, 0.29) is 17.7 Å². The van der Waals surface area contributed by atoms with Crippen molar-refractivity contribution in [2.75, 3.05) is 37.4 Å². The number of aromatic nitrogens is 3. The zero-order valence-electron chi connectivity index (χ0n) is 18.4. The summed E-state index contributed by atoms with van der Waals surface area (Å²) in [6.07, 6.45) is 3.04. The number of nitrogens with one attached hydrogen (secondary N) is 1. The highest BCUT2D eigenvalue weighted by Crippen LogP contribution is 2.28. The molecule has 1 fully saturated rings. The van der Waals surface area contributed by atoms with Crippen molar-refractivity contribution < 1.29 is 9.59 Å². The molecule has 1 saturated heterocycles. The van der Waals surface area contributed by atoms with Crippen LogP contribution in [-0.4, -0.2) is 58.9 Å². The Balaban J connectivity index is 1.37. The topological polar surface area (TPSA) is 91.3 Å². The molecule has 0 aliphatic carbocycles. The smallest absolute Gasteiger partial charge is 0.265 e. The van der Waals surface area contributed by atoms with Crippen LogP contribution >= 0.6 is 11.3 Å². The molecular formula is C23H26N6O2S. The van der Waals surface area contributed by atoms with E-state index in [2.05, 4.69) is 25.2 Å². The average molecular weight is 451 g/mol. The maximum atomic E-state index is 12.8. The van der Waals surface area contributed by atoms with Gasteiger partial charge in [0.1, 0.15) is 17.0 Å². The number of carbonyl (C=O) groups is 2. The summed E-state index contributed by atoms with van der Waals surface area (Å²) in [6, 6.07) is 12.0. The third-order valence-corrected chi connectivity index (χ3v) is 6.60. The average Bonchev–Trinajstić information content (AvgIpc) is 3.18. The molecule has 32 heavy (non-hydrogen) atoms. The molecule has 0 atom stereocenters. The highest BCUT2D eigenvalue weighted by molar-refractivity contribution is 7.17. The Hall–Kier alpha value is -3.33. The molecule has 1 aliphatic heterocycles. The summed E-state index contributed by atoms with van der Waals surface area (Å²) >= 11 is 1.22. The molecule has 0 saturated carbocycles. The molecule has 0 bridgehead atoms. The Labute approximate surface area is 191 Å². The number of nitrogens with zero attached hydrogens (tertiary/aromatic N) is 5. The van der Waals surface area contributed by atoms with Gasteiger partial charge >= 0.3 is 0 Å².